The maximum absolute atomic E-state index is 13.4. The number of benzene rings is 1. The van der Waals surface area contributed by atoms with Gasteiger partial charge in [-0.25, -0.2) is 0 Å². The molecule has 4 saturated carbocycles. The van der Waals surface area contributed by atoms with Crippen molar-refractivity contribution in [1.82, 2.24) is 10.3 Å². The normalized spacial score (nSPS) is 32.9. The second-order valence-corrected chi connectivity index (χ2v) is 9.25. The molecule has 0 saturated heterocycles. The monoisotopic (exact) mass is 376 g/mol. The Kier molecular flexibility index (Phi) is 4.18. The van der Waals surface area contributed by atoms with E-state index in [1.165, 1.54) is 24.8 Å². The van der Waals surface area contributed by atoms with Gasteiger partial charge in [-0.1, -0.05) is 18.2 Å². The van der Waals surface area contributed by atoms with Gasteiger partial charge in [0.2, 0.25) is 5.91 Å². The first-order valence-corrected chi connectivity index (χ1v) is 10.4. The number of nitrogens with one attached hydrogen (secondary N) is 1. The van der Waals surface area contributed by atoms with E-state index < -0.39 is 0 Å². The van der Waals surface area contributed by atoms with Crippen LogP contribution in [0.1, 0.15) is 49.8 Å². The van der Waals surface area contributed by atoms with Crippen LogP contribution in [0.25, 0.3) is 0 Å². The Balaban J connectivity index is 1.40. The Morgan fingerprint density at radius 1 is 1.11 bits per heavy atom. The van der Waals surface area contributed by atoms with E-state index in [0.29, 0.717) is 18.4 Å². The summed E-state index contributed by atoms with van der Waals surface area (Å²) in [5, 5.41) is 3.22. The van der Waals surface area contributed by atoms with Crippen LogP contribution in [0.4, 0.5) is 0 Å². The number of carbonyl (C=O) groups excluding carboxylic acids is 1. The molecular formula is C24H28N2O2. The number of amides is 1. The van der Waals surface area contributed by atoms with Crippen molar-refractivity contribution in [2.75, 3.05) is 7.11 Å². The molecule has 28 heavy (non-hydrogen) atoms. The van der Waals surface area contributed by atoms with E-state index in [-0.39, 0.29) is 16.7 Å². The summed E-state index contributed by atoms with van der Waals surface area (Å²) in [6.45, 7) is 0.520. The zero-order valence-electron chi connectivity index (χ0n) is 16.5. The molecule has 146 valence electrons. The fraction of sp³-hybridized carbons (Fsp3) is 0.500. The summed E-state index contributed by atoms with van der Waals surface area (Å²) in [6, 6.07) is 14.4. The van der Waals surface area contributed by atoms with Crippen LogP contribution in [-0.2, 0) is 16.8 Å². The molecule has 0 radical (unpaired) electrons. The van der Waals surface area contributed by atoms with Crippen LogP contribution in [0, 0.1) is 17.3 Å². The van der Waals surface area contributed by atoms with E-state index >= 15 is 0 Å². The number of rotatable bonds is 5. The van der Waals surface area contributed by atoms with Gasteiger partial charge in [0.15, 0.2) is 0 Å². The molecule has 1 aromatic heterocycles. The van der Waals surface area contributed by atoms with Gasteiger partial charge >= 0.3 is 0 Å². The van der Waals surface area contributed by atoms with Gasteiger partial charge in [0.1, 0.15) is 5.75 Å². The quantitative estimate of drug-likeness (QED) is 0.849. The zero-order valence-corrected chi connectivity index (χ0v) is 16.5. The Morgan fingerprint density at radius 2 is 1.86 bits per heavy atom. The Labute approximate surface area is 166 Å². The van der Waals surface area contributed by atoms with Gasteiger partial charge in [-0.15, -0.1) is 0 Å². The van der Waals surface area contributed by atoms with Crippen molar-refractivity contribution in [2.45, 2.75) is 50.5 Å². The van der Waals surface area contributed by atoms with Crippen LogP contribution in [0.2, 0.25) is 0 Å². The van der Waals surface area contributed by atoms with Crippen LogP contribution in [-0.4, -0.2) is 18.0 Å². The van der Waals surface area contributed by atoms with Gasteiger partial charge in [0.05, 0.1) is 24.8 Å². The fourth-order valence-corrected chi connectivity index (χ4v) is 6.67. The average molecular weight is 377 g/mol. The lowest BCUT2D eigenvalue weighted by molar-refractivity contribution is -0.149. The third-order valence-corrected chi connectivity index (χ3v) is 7.40. The molecule has 2 unspecified atom stereocenters. The topological polar surface area (TPSA) is 51.2 Å². The van der Waals surface area contributed by atoms with Crippen LogP contribution < -0.4 is 10.1 Å². The first kappa shape index (κ1) is 17.7. The second kappa shape index (κ2) is 6.61. The third kappa shape index (κ3) is 2.90. The van der Waals surface area contributed by atoms with E-state index in [2.05, 4.69) is 34.6 Å². The highest BCUT2D eigenvalue weighted by molar-refractivity contribution is 5.83. The number of pyridine rings is 1. The van der Waals surface area contributed by atoms with Crippen molar-refractivity contribution in [3.63, 3.8) is 0 Å². The molecule has 2 aromatic rings. The summed E-state index contributed by atoms with van der Waals surface area (Å²) in [6.07, 6.45) is 8.62. The molecule has 4 aliphatic carbocycles. The lowest BCUT2D eigenvalue weighted by atomic mass is 9.42. The molecule has 4 heteroatoms. The molecule has 4 fully saturated rings. The third-order valence-electron chi connectivity index (χ3n) is 7.40. The molecule has 1 amide bonds. The highest BCUT2D eigenvalue weighted by Crippen LogP contribution is 2.65. The summed E-state index contributed by atoms with van der Waals surface area (Å²) in [4.78, 5) is 17.7. The molecule has 1 N–H and O–H groups in total. The minimum atomic E-state index is -0.210. The summed E-state index contributed by atoms with van der Waals surface area (Å²) in [5.74, 6) is 2.48. The summed E-state index contributed by atoms with van der Waals surface area (Å²) >= 11 is 0. The summed E-state index contributed by atoms with van der Waals surface area (Å²) < 4.78 is 5.35. The van der Waals surface area contributed by atoms with E-state index in [4.69, 9.17) is 4.74 Å². The van der Waals surface area contributed by atoms with E-state index in [0.717, 1.165) is 30.7 Å². The first-order valence-electron chi connectivity index (χ1n) is 10.4. The van der Waals surface area contributed by atoms with Crippen molar-refractivity contribution in [3.05, 3.63) is 59.9 Å². The Hall–Kier alpha value is -2.36. The van der Waals surface area contributed by atoms with Crippen LogP contribution in [0.5, 0.6) is 5.75 Å². The number of ether oxygens (including phenoxy) is 1. The zero-order chi connectivity index (χ0) is 19.2. The number of aromatic nitrogens is 1. The molecule has 0 aliphatic heterocycles. The minimum Gasteiger partial charge on any atom is -0.497 e. The molecule has 4 bridgehead atoms. The predicted molar refractivity (Wildman–Crippen MR) is 108 cm³/mol. The molecule has 4 nitrogen and oxygen atoms in total. The molecule has 6 rings (SSSR count). The Bertz CT molecular complexity index is 848. The van der Waals surface area contributed by atoms with Crippen molar-refractivity contribution in [3.8, 4) is 5.75 Å². The van der Waals surface area contributed by atoms with Crippen molar-refractivity contribution < 1.29 is 9.53 Å². The highest BCUT2D eigenvalue weighted by atomic mass is 16.5. The number of hydrogen-bond donors (Lipinski definition) is 1. The average Bonchev–Trinajstić information content (AvgIpc) is 2.72. The lowest BCUT2D eigenvalue weighted by Gasteiger charge is -2.61. The molecule has 0 spiro atoms. The van der Waals surface area contributed by atoms with E-state index in [9.17, 15) is 4.79 Å². The van der Waals surface area contributed by atoms with Crippen LogP contribution in [0.3, 0.4) is 0 Å². The van der Waals surface area contributed by atoms with Crippen molar-refractivity contribution in [2.24, 2.45) is 17.3 Å². The number of hydrogen-bond acceptors (Lipinski definition) is 3. The molecule has 1 aromatic carbocycles. The maximum Gasteiger partial charge on any atom is 0.226 e. The predicted octanol–water partition coefficient (Wildman–Crippen LogP) is 4.24. The maximum atomic E-state index is 13.4. The van der Waals surface area contributed by atoms with Gasteiger partial charge in [-0.2, -0.15) is 0 Å². The van der Waals surface area contributed by atoms with Crippen LogP contribution in [0.15, 0.2) is 48.7 Å². The largest absolute Gasteiger partial charge is 0.497 e. The smallest absolute Gasteiger partial charge is 0.226 e. The summed E-state index contributed by atoms with van der Waals surface area (Å²) in [7, 11) is 1.71. The Morgan fingerprint density at radius 3 is 2.50 bits per heavy atom. The van der Waals surface area contributed by atoms with Gasteiger partial charge in [0.25, 0.3) is 0 Å². The number of methoxy groups -OCH3 is 1. The summed E-state index contributed by atoms with van der Waals surface area (Å²) in [5.41, 5.74) is 2.26. The van der Waals surface area contributed by atoms with E-state index in [1.807, 2.05) is 18.2 Å². The van der Waals surface area contributed by atoms with Crippen molar-refractivity contribution in [1.29, 1.82) is 0 Å². The molecule has 2 atom stereocenters. The molecule has 1 heterocycles. The van der Waals surface area contributed by atoms with Crippen LogP contribution >= 0.6 is 0 Å². The van der Waals surface area contributed by atoms with Gasteiger partial charge in [-0.05, 0) is 85.6 Å². The number of nitrogens with zero attached hydrogens (tertiary/aromatic N) is 1. The second-order valence-electron chi connectivity index (χ2n) is 9.25. The number of carbonyl (C=O) groups is 1. The SMILES string of the molecule is COc1ccc(C23CC4CC(CC(C(=O)NCc5ccccn5)(C4)C2)C3)cc1. The van der Waals surface area contributed by atoms with E-state index in [1.54, 1.807) is 13.3 Å². The van der Waals surface area contributed by atoms with Gasteiger partial charge in [-0.3, -0.25) is 9.78 Å². The van der Waals surface area contributed by atoms with Gasteiger partial charge < -0.3 is 10.1 Å². The molecular weight excluding hydrogens is 348 g/mol. The lowest BCUT2D eigenvalue weighted by Crippen LogP contribution is -2.59. The molecule has 4 aliphatic rings. The minimum absolute atomic E-state index is 0.151. The first-order chi connectivity index (χ1) is 13.6. The fourth-order valence-electron chi connectivity index (χ4n) is 6.67. The van der Waals surface area contributed by atoms with Crippen molar-refractivity contribution >= 4 is 5.91 Å². The standard InChI is InChI=1S/C24H28N2O2/c1-28-21-7-5-19(6-8-21)23-11-17-10-18(12-23)14-24(13-17,16-23)22(27)26-15-20-4-2-3-9-25-20/h2-9,17-18H,10-16H2,1H3,(H,26,27). The van der Waals surface area contributed by atoms with Gasteiger partial charge in [0, 0.05) is 6.20 Å². The highest BCUT2D eigenvalue weighted by Gasteiger charge is 2.60.